The van der Waals surface area contributed by atoms with Crippen molar-refractivity contribution in [1.82, 2.24) is 10.2 Å². The second-order valence-corrected chi connectivity index (χ2v) is 6.91. The molecule has 0 radical (unpaired) electrons. The van der Waals surface area contributed by atoms with E-state index in [-0.39, 0.29) is 6.61 Å². The Hall–Kier alpha value is -2.99. The highest BCUT2D eigenvalue weighted by Gasteiger charge is 2.27. The van der Waals surface area contributed by atoms with Crippen LogP contribution in [0.3, 0.4) is 0 Å². The summed E-state index contributed by atoms with van der Waals surface area (Å²) >= 11 is 0. The van der Waals surface area contributed by atoms with E-state index >= 15 is 0 Å². The van der Waals surface area contributed by atoms with E-state index in [0.717, 1.165) is 40.5 Å². The highest BCUT2D eigenvalue weighted by molar-refractivity contribution is 5.81. The Bertz CT molecular complexity index is 981. The molecule has 0 amide bonds. The summed E-state index contributed by atoms with van der Waals surface area (Å²) < 4.78 is 11.6. The van der Waals surface area contributed by atoms with Gasteiger partial charge in [-0.05, 0) is 49.2 Å². The molecule has 0 fully saturated rings. The number of aliphatic hydroxyl groups is 1. The lowest BCUT2D eigenvalue weighted by Gasteiger charge is -2.14. The molecule has 1 aliphatic carbocycles. The van der Waals surface area contributed by atoms with Gasteiger partial charge in [0.1, 0.15) is 0 Å². The number of anilines is 2. The summed E-state index contributed by atoms with van der Waals surface area (Å²) in [5.74, 6) is 2.28. The molecule has 1 aromatic heterocycles. The standard InChI is InChI=1S/C22H25N3O3/c1-3-27-19-12-15-11-18-21(17(15)13-20(19)28-9-5-8-26)24-25-22(18)23-16-7-4-6-14(2)10-16/h4,6-7,10,12-13,26H,3,5,8-9,11H2,1-2H3,(H2,23,24,25). The molecule has 0 saturated heterocycles. The first-order valence-corrected chi connectivity index (χ1v) is 9.64. The maximum atomic E-state index is 9.01. The lowest BCUT2D eigenvalue weighted by molar-refractivity contribution is 0.225. The summed E-state index contributed by atoms with van der Waals surface area (Å²) in [6.45, 7) is 5.16. The van der Waals surface area contributed by atoms with Crippen LogP contribution in [0.15, 0.2) is 36.4 Å². The summed E-state index contributed by atoms with van der Waals surface area (Å²) in [6.07, 6.45) is 1.37. The fourth-order valence-corrected chi connectivity index (χ4v) is 3.52. The van der Waals surface area contributed by atoms with Gasteiger partial charge in [-0.3, -0.25) is 5.10 Å². The number of rotatable bonds is 8. The molecule has 0 saturated carbocycles. The Morgan fingerprint density at radius 3 is 2.82 bits per heavy atom. The van der Waals surface area contributed by atoms with Crippen molar-refractivity contribution < 1.29 is 14.6 Å². The normalized spacial score (nSPS) is 11.8. The van der Waals surface area contributed by atoms with E-state index in [1.54, 1.807) is 0 Å². The van der Waals surface area contributed by atoms with Crippen molar-refractivity contribution in [2.24, 2.45) is 0 Å². The van der Waals surface area contributed by atoms with Crippen molar-refractivity contribution in [1.29, 1.82) is 0 Å². The topological polar surface area (TPSA) is 79.4 Å². The predicted octanol–water partition coefficient (Wildman–Crippen LogP) is 4.19. The maximum absolute atomic E-state index is 9.01. The Balaban J connectivity index is 1.64. The number of ether oxygens (including phenoxy) is 2. The highest BCUT2D eigenvalue weighted by Crippen LogP contribution is 2.44. The highest BCUT2D eigenvalue weighted by atomic mass is 16.5. The molecule has 1 aliphatic rings. The molecule has 0 spiro atoms. The average Bonchev–Trinajstić information content (AvgIpc) is 3.22. The summed E-state index contributed by atoms with van der Waals surface area (Å²) in [4.78, 5) is 0. The minimum absolute atomic E-state index is 0.105. The number of aryl methyl sites for hydroxylation is 1. The molecule has 0 aliphatic heterocycles. The SMILES string of the molecule is CCOc1cc2c(cc1OCCCO)-c1[nH]nc(Nc3cccc(C)c3)c1C2. The van der Waals surface area contributed by atoms with E-state index in [1.807, 2.05) is 25.1 Å². The van der Waals surface area contributed by atoms with Gasteiger partial charge in [0.15, 0.2) is 17.3 Å². The van der Waals surface area contributed by atoms with Crippen molar-refractivity contribution in [2.45, 2.75) is 26.7 Å². The second kappa shape index (κ2) is 7.94. The van der Waals surface area contributed by atoms with Crippen molar-refractivity contribution in [3.05, 3.63) is 53.1 Å². The molecule has 0 unspecified atom stereocenters. The van der Waals surface area contributed by atoms with Gasteiger partial charge in [0.2, 0.25) is 0 Å². The first kappa shape index (κ1) is 18.4. The zero-order valence-corrected chi connectivity index (χ0v) is 16.2. The number of nitrogens with zero attached hydrogens (tertiary/aromatic N) is 1. The Kier molecular flexibility index (Phi) is 5.21. The van der Waals surface area contributed by atoms with E-state index in [9.17, 15) is 0 Å². The van der Waals surface area contributed by atoms with Crippen LogP contribution in [0.5, 0.6) is 11.5 Å². The molecular formula is C22H25N3O3. The van der Waals surface area contributed by atoms with Gasteiger partial charge in [-0.15, -0.1) is 0 Å². The van der Waals surface area contributed by atoms with Gasteiger partial charge >= 0.3 is 0 Å². The predicted molar refractivity (Wildman–Crippen MR) is 110 cm³/mol. The molecule has 146 valence electrons. The number of aliphatic hydroxyl groups excluding tert-OH is 1. The molecule has 3 aromatic rings. The summed E-state index contributed by atoms with van der Waals surface area (Å²) in [5, 5.41) is 20.1. The van der Waals surface area contributed by atoms with Crippen LogP contribution in [0.1, 0.15) is 30.0 Å². The molecule has 6 heteroatoms. The van der Waals surface area contributed by atoms with Gasteiger partial charge < -0.3 is 19.9 Å². The molecule has 0 bridgehead atoms. The number of nitrogens with one attached hydrogen (secondary N) is 2. The number of hydrogen-bond donors (Lipinski definition) is 3. The number of H-pyrrole nitrogens is 1. The van der Waals surface area contributed by atoms with Crippen LogP contribution >= 0.6 is 0 Å². The number of hydrogen-bond acceptors (Lipinski definition) is 5. The van der Waals surface area contributed by atoms with Gasteiger partial charge in [-0.2, -0.15) is 5.10 Å². The van der Waals surface area contributed by atoms with E-state index in [2.05, 4.69) is 40.6 Å². The zero-order chi connectivity index (χ0) is 19.5. The molecule has 0 atom stereocenters. The first-order valence-electron chi connectivity index (χ1n) is 9.64. The van der Waals surface area contributed by atoms with Gasteiger partial charge in [0.05, 0.1) is 18.9 Å². The molecule has 2 aromatic carbocycles. The molecule has 3 N–H and O–H groups in total. The first-order chi connectivity index (χ1) is 13.7. The van der Waals surface area contributed by atoms with Crippen LogP contribution in [-0.2, 0) is 6.42 Å². The van der Waals surface area contributed by atoms with E-state index in [0.29, 0.717) is 25.4 Å². The molecular weight excluding hydrogens is 354 g/mol. The lowest BCUT2D eigenvalue weighted by Crippen LogP contribution is -2.03. The third kappa shape index (κ3) is 3.55. The third-order valence-electron chi connectivity index (χ3n) is 4.81. The lowest BCUT2D eigenvalue weighted by atomic mass is 10.1. The summed E-state index contributed by atoms with van der Waals surface area (Å²) in [7, 11) is 0. The van der Waals surface area contributed by atoms with Crippen LogP contribution in [0, 0.1) is 6.92 Å². The number of benzene rings is 2. The van der Waals surface area contributed by atoms with Crippen molar-refractivity contribution in [2.75, 3.05) is 25.1 Å². The zero-order valence-electron chi connectivity index (χ0n) is 16.2. The van der Waals surface area contributed by atoms with E-state index in [1.165, 1.54) is 11.1 Å². The van der Waals surface area contributed by atoms with Crippen LogP contribution in [0.4, 0.5) is 11.5 Å². The van der Waals surface area contributed by atoms with Crippen LogP contribution in [0.2, 0.25) is 0 Å². The van der Waals surface area contributed by atoms with Crippen molar-refractivity contribution >= 4 is 11.5 Å². The van der Waals surface area contributed by atoms with E-state index < -0.39 is 0 Å². The third-order valence-corrected chi connectivity index (χ3v) is 4.81. The summed E-state index contributed by atoms with van der Waals surface area (Å²) in [6, 6.07) is 12.3. The van der Waals surface area contributed by atoms with Crippen molar-refractivity contribution in [3.63, 3.8) is 0 Å². The Morgan fingerprint density at radius 2 is 2.04 bits per heavy atom. The molecule has 4 rings (SSSR count). The second-order valence-electron chi connectivity index (χ2n) is 6.91. The fourth-order valence-electron chi connectivity index (χ4n) is 3.52. The van der Waals surface area contributed by atoms with Gasteiger partial charge in [-0.25, -0.2) is 0 Å². The van der Waals surface area contributed by atoms with Gasteiger partial charge in [0.25, 0.3) is 0 Å². The average molecular weight is 379 g/mol. The van der Waals surface area contributed by atoms with Gasteiger partial charge in [-0.1, -0.05) is 12.1 Å². The number of fused-ring (bicyclic) bond motifs is 3. The van der Waals surface area contributed by atoms with Crippen LogP contribution < -0.4 is 14.8 Å². The molecule has 6 nitrogen and oxygen atoms in total. The van der Waals surface area contributed by atoms with E-state index in [4.69, 9.17) is 14.6 Å². The minimum Gasteiger partial charge on any atom is -0.490 e. The van der Waals surface area contributed by atoms with Crippen molar-refractivity contribution in [3.8, 4) is 22.8 Å². The summed E-state index contributed by atoms with van der Waals surface area (Å²) in [5.41, 5.74) is 6.66. The van der Waals surface area contributed by atoms with Crippen LogP contribution in [0.25, 0.3) is 11.3 Å². The number of aromatic amines is 1. The largest absolute Gasteiger partial charge is 0.490 e. The van der Waals surface area contributed by atoms with Crippen LogP contribution in [-0.4, -0.2) is 35.1 Å². The minimum atomic E-state index is 0.105. The number of aromatic nitrogens is 2. The maximum Gasteiger partial charge on any atom is 0.161 e. The fraction of sp³-hybridized carbons (Fsp3) is 0.318. The smallest absolute Gasteiger partial charge is 0.161 e. The molecule has 1 heterocycles. The quantitative estimate of drug-likeness (QED) is 0.400. The molecule has 28 heavy (non-hydrogen) atoms. The Morgan fingerprint density at radius 1 is 1.18 bits per heavy atom. The Labute approximate surface area is 164 Å². The van der Waals surface area contributed by atoms with Gasteiger partial charge in [0, 0.05) is 36.3 Å². The monoisotopic (exact) mass is 379 g/mol.